The zero-order chi connectivity index (χ0) is 20.0. The smallest absolute Gasteiger partial charge is 0.256 e. The molecule has 0 spiro atoms. The van der Waals surface area contributed by atoms with Gasteiger partial charge in [-0.3, -0.25) is 9.36 Å². The van der Waals surface area contributed by atoms with Crippen LogP contribution in [-0.4, -0.2) is 14.5 Å². The van der Waals surface area contributed by atoms with Crippen LogP contribution < -0.4 is 11.3 Å². The fraction of sp³-hybridized carbons (Fsp3) is 0.0500. The van der Waals surface area contributed by atoms with E-state index in [4.69, 9.17) is 5.73 Å². The van der Waals surface area contributed by atoms with E-state index in [1.54, 1.807) is 6.92 Å². The second-order valence-electron chi connectivity index (χ2n) is 6.20. The molecule has 2 heterocycles. The summed E-state index contributed by atoms with van der Waals surface area (Å²) in [5.41, 5.74) is 5.98. The van der Waals surface area contributed by atoms with Gasteiger partial charge < -0.3 is 5.73 Å². The van der Waals surface area contributed by atoms with Gasteiger partial charge in [-0.15, -0.1) is 0 Å². The monoisotopic (exact) mass is 382 g/mol. The summed E-state index contributed by atoms with van der Waals surface area (Å²) < 4.78 is 43.0. The predicted molar refractivity (Wildman–Crippen MR) is 99.6 cm³/mol. The van der Waals surface area contributed by atoms with E-state index in [1.807, 2.05) is 0 Å². The van der Waals surface area contributed by atoms with Gasteiger partial charge in [-0.1, -0.05) is 6.07 Å². The second-order valence-corrected chi connectivity index (χ2v) is 6.20. The zero-order valence-corrected chi connectivity index (χ0v) is 14.6. The van der Waals surface area contributed by atoms with Gasteiger partial charge in [-0.2, -0.15) is 4.98 Å². The standard InChI is InChI=1S/C20H13F3N4O/c1-10-9-11(21)5-6-12(10)17-13-7-8-16(28)27(19(13)26-20(24)25-17)18-14(22)3-2-4-15(18)23/h2-9H,1H3,(H2,24,25,26). The van der Waals surface area contributed by atoms with E-state index in [9.17, 15) is 18.0 Å². The summed E-state index contributed by atoms with van der Waals surface area (Å²) in [6, 6.07) is 10.00. The topological polar surface area (TPSA) is 73.8 Å². The molecule has 0 bridgehead atoms. The molecule has 0 radical (unpaired) electrons. The summed E-state index contributed by atoms with van der Waals surface area (Å²) in [6.07, 6.45) is 0. The highest BCUT2D eigenvalue weighted by atomic mass is 19.1. The van der Waals surface area contributed by atoms with Gasteiger partial charge in [0.1, 0.15) is 23.1 Å². The molecule has 0 amide bonds. The van der Waals surface area contributed by atoms with E-state index in [-0.39, 0.29) is 11.6 Å². The van der Waals surface area contributed by atoms with Crippen molar-refractivity contribution in [2.45, 2.75) is 6.92 Å². The molecule has 0 fully saturated rings. The molecule has 5 nitrogen and oxygen atoms in total. The third-order valence-electron chi connectivity index (χ3n) is 4.37. The van der Waals surface area contributed by atoms with Crippen LogP contribution in [0.5, 0.6) is 0 Å². The molecule has 8 heteroatoms. The van der Waals surface area contributed by atoms with Crippen LogP contribution in [0.2, 0.25) is 0 Å². The van der Waals surface area contributed by atoms with Crippen molar-refractivity contribution in [2.75, 3.05) is 5.73 Å². The molecule has 2 N–H and O–H groups in total. The van der Waals surface area contributed by atoms with Crippen LogP contribution in [0, 0.1) is 24.4 Å². The molecule has 140 valence electrons. The number of fused-ring (bicyclic) bond motifs is 1. The van der Waals surface area contributed by atoms with Gasteiger partial charge in [0, 0.05) is 17.0 Å². The molecular weight excluding hydrogens is 369 g/mol. The summed E-state index contributed by atoms with van der Waals surface area (Å²) in [5, 5.41) is 0.339. The molecule has 4 rings (SSSR count). The fourth-order valence-electron chi connectivity index (χ4n) is 3.15. The number of aryl methyl sites for hydroxylation is 1. The van der Waals surface area contributed by atoms with Gasteiger partial charge in [0.2, 0.25) is 5.95 Å². The number of hydrogen-bond donors (Lipinski definition) is 1. The Kier molecular flexibility index (Phi) is 4.11. The highest BCUT2D eigenvalue weighted by Gasteiger charge is 2.19. The van der Waals surface area contributed by atoms with Crippen molar-refractivity contribution in [2.24, 2.45) is 0 Å². The van der Waals surface area contributed by atoms with E-state index >= 15 is 0 Å². The van der Waals surface area contributed by atoms with Crippen molar-refractivity contribution in [1.29, 1.82) is 0 Å². The Labute approximate surface area is 156 Å². The maximum atomic E-state index is 14.4. The lowest BCUT2D eigenvalue weighted by molar-refractivity contribution is 0.568. The van der Waals surface area contributed by atoms with E-state index < -0.39 is 28.7 Å². The first-order valence-corrected chi connectivity index (χ1v) is 8.27. The number of hydrogen-bond acceptors (Lipinski definition) is 4. The number of aromatic nitrogens is 3. The predicted octanol–water partition coefficient (Wildman–Crippen LogP) is 3.76. The molecule has 2 aromatic carbocycles. The minimum atomic E-state index is -0.925. The van der Waals surface area contributed by atoms with Crippen molar-refractivity contribution in [3.05, 3.63) is 81.9 Å². The van der Waals surface area contributed by atoms with Crippen molar-refractivity contribution in [3.63, 3.8) is 0 Å². The SMILES string of the molecule is Cc1cc(F)ccc1-c1nc(N)nc2c1ccc(=O)n2-c1c(F)cccc1F. The highest BCUT2D eigenvalue weighted by molar-refractivity contribution is 5.92. The molecule has 28 heavy (non-hydrogen) atoms. The first-order chi connectivity index (χ1) is 13.4. The van der Waals surface area contributed by atoms with Crippen molar-refractivity contribution in [1.82, 2.24) is 14.5 Å². The third kappa shape index (κ3) is 2.79. The minimum absolute atomic E-state index is 0.0530. The first kappa shape index (κ1) is 17.7. The molecule has 0 atom stereocenters. The molecule has 4 aromatic rings. The number of benzene rings is 2. The number of nitrogens with two attached hydrogens (primary N) is 1. The normalized spacial score (nSPS) is 11.1. The second kappa shape index (κ2) is 6.49. The maximum Gasteiger partial charge on any atom is 0.256 e. The van der Waals surface area contributed by atoms with Crippen molar-refractivity contribution >= 4 is 17.0 Å². The van der Waals surface area contributed by atoms with Gasteiger partial charge in [0.05, 0.1) is 5.69 Å². The molecule has 0 unspecified atom stereocenters. The molecule has 0 saturated heterocycles. The van der Waals surface area contributed by atoms with Crippen LogP contribution >= 0.6 is 0 Å². The van der Waals surface area contributed by atoms with Crippen LogP contribution in [0.4, 0.5) is 19.1 Å². The lowest BCUT2D eigenvalue weighted by Crippen LogP contribution is -2.21. The summed E-state index contributed by atoms with van der Waals surface area (Å²) in [7, 11) is 0. The summed E-state index contributed by atoms with van der Waals surface area (Å²) in [5.74, 6) is -2.46. The summed E-state index contributed by atoms with van der Waals surface area (Å²) in [6.45, 7) is 1.69. The van der Waals surface area contributed by atoms with Crippen molar-refractivity contribution in [3.8, 4) is 16.9 Å². The fourth-order valence-corrected chi connectivity index (χ4v) is 3.15. The van der Waals surface area contributed by atoms with E-state index in [0.29, 0.717) is 22.2 Å². The van der Waals surface area contributed by atoms with Crippen LogP contribution in [0.25, 0.3) is 28.0 Å². The average molecular weight is 382 g/mol. The Morgan fingerprint density at radius 2 is 1.68 bits per heavy atom. The number of anilines is 1. The van der Waals surface area contributed by atoms with Gasteiger partial charge in [-0.05, 0) is 48.9 Å². The summed E-state index contributed by atoms with van der Waals surface area (Å²) >= 11 is 0. The molecule has 2 aromatic heterocycles. The largest absolute Gasteiger partial charge is 0.368 e. The Hall–Kier alpha value is -3.68. The van der Waals surface area contributed by atoms with Crippen molar-refractivity contribution < 1.29 is 13.2 Å². The molecule has 0 aliphatic carbocycles. The molecule has 0 saturated carbocycles. The number of para-hydroxylation sites is 1. The number of pyridine rings is 1. The first-order valence-electron chi connectivity index (χ1n) is 8.27. The molecular formula is C20H13F3N4O. The Balaban J connectivity index is 2.14. The Morgan fingerprint density at radius 3 is 2.36 bits per heavy atom. The number of halogens is 3. The highest BCUT2D eigenvalue weighted by Crippen LogP contribution is 2.30. The van der Waals surface area contributed by atoms with E-state index in [2.05, 4.69) is 9.97 Å². The van der Waals surface area contributed by atoms with E-state index in [0.717, 1.165) is 22.8 Å². The van der Waals surface area contributed by atoms with Gasteiger partial charge in [-0.25, -0.2) is 18.2 Å². The van der Waals surface area contributed by atoms with Gasteiger partial charge in [0.15, 0.2) is 5.65 Å². The number of nitrogens with zero attached hydrogens (tertiary/aromatic N) is 3. The van der Waals surface area contributed by atoms with Crippen LogP contribution in [0.1, 0.15) is 5.56 Å². The molecule has 0 aliphatic heterocycles. The Morgan fingerprint density at radius 1 is 0.964 bits per heavy atom. The zero-order valence-electron chi connectivity index (χ0n) is 14.6. The summed E-state index contributed by atoms with van der Waals surface area (Å²) in [4.78, 5) is 20.8. The lowest BCUT2D eigenvalue weighted by Gasteiger charge is -2.14. The Bertz CT molecular complexity index is 1280. The molecule has 0 aliphatic rings. The van der Waals surface area contributed by atoms with Gasteiger partial charge in [0.25, 0.3) is 5.56 Å². The average Bonchev–Trinajstić information content (AvgIpc) is 2.62. The van der Waals surface area contributed by atoms with Gasteiger partial charge >= 0.3 is 0 Å². The number of nitrogen functional groups attached to an aromatic ring is 1. The van der Waals surface area contributed by atoms with E-state index in [1.165, 1.54) is 30.3 Å². The number of rotatable bonds is 2. The third-order valence-corrected chi connectivity index (χ3v) is 4.37. The van der Waals surface area contributed by atoms with Crippen LogP contribution in [0.15, 0.2) is 53.3 Å². The van der Waals surface area contributed by atoms with Crippen LogP contribution in [0.3, 0.4) is 0 Å². The van der Waals surface area contributed by atoms with Crippen LogP contribution in [-0.2, 0) is 0 Å². The minimum Gasteiger partial charge on any atom is -0.368 e. The lowest BCUT2D eigenvalue weighted by atomic mass is 10.0. The maximum absolute atomic E-state index is 14.4. The quantitative estimate of drug-likeness (QED) is 0.573.